The summed E-state index contributed by atoms with van der Waals surface area (Å²) in [5, 5.41) is 15.3. The summed E-state index contributed by atoms with van der Waals surface area (Å²) in [5.74, 6) is 0.537. The number of pyridine rings is 1. The minimum Gasteiger partial charge on any atom is -0.393 e. The van der Waals surface area contributed by atoms with Crippen LogP contribution < -0.4 is 10.6 Å². The number of rotatable bonds is 3. The molecule has 1 aliphatic rings. The minimum absolute atomic E-state index is 0.145. The molecule has 5 nitrogen and oxygen atoms in total. The SMILES string of the molecule is CNc1cccc(C(=O)NC2CCC(O)CC2)n1. The maximum atomic E-state index is 12.0. The first-order valence-corrected chi connectivity index (χ1v) is 6.33. The van der Waals surface area contributed by atoms with Crippen molar-refractivity contribution in [2.75, 3.05) is 12.4 Å². The third-order valence-corrected chi connectivity index (χ3v) is 3.27. The fraction of sp³-hybridized carbons (Fsp3) is 0.538. The summed E-state index contributed by atoms with van der Waals surface area (Å²) in [6.07, 6.45) is 2.98. The summed E-state index contributed by atoms with van der Waals surface area (Å²) in [4.78, 5) is 16.2. The number of aromatic nitrogens is 1. The molecule has 0 radical (unpaired) electrons. The maximum absolute atomic E-state index is 12.0. The van der Waals surface area contributed by atoms with Crippen LogP contribution in [0.4, 0.5) is 5.82 Å². The van der Waals surface area contributed by atoms with Crippen molar-refractivity contribution in [1.82, 2.24) is 10.3 Å². The summed E-state index contributed by atoms with van der Waals surface area (Å²) in [5.41, 5.74) is 0.424. The van der Waals surface area contributed by atoms with E-state index in [0.717, 1.165) is 25.7 Å². The van der Waals surface area contributed by atoms with Crippen molar-refractivity contribution in [2.45, 2.75) is 37.8 Å². The van der Waals surface area contributed by atoms with Crippen LogP contribution in [-0.4, -0.2) is 35.2 Å². The zero-order valence-electron chi connectivity index (χ0n) is 10.5. The van der Waals surface area contributed by atoms with Gasteiger partial charge in [-0.2, -0.15) is 0 Å². The Morgan fingerprint density at radius 1 is 1.33 bits per heavy atom. The number of amides is 1. The minimum atomic E-state index is -0.205. The Morgan fingerprint density at radius 2 is 2.06 bits per heavy atom. The molecule has 98 valence electrons. The molecular weight excluding hydrogens is 230 g/mol. The molecule has 2 rings (SSSR count). The number of carbonyl (C=O) groups excluding carboxylic acids is 1. The average Bonchev–Trinajstić information content (AvgIpc) is 2.41. The third-order valence-electron chi connectivity index (χ3n) is 3.27. The molecule has 0 bridgehead atoms. The molecule has 1 aliphatic carbocycles. The van der Waals surface area contributed by atoms with Gasteiger partial charge in [-0.3, -0.25) is 4.79 Å². The van der Waals surface area contributed by atoms with Gasteiger partial charge in [0.25, 0.3) is 5.91 Å². The van der Waals surface area contributed by atoms with Crippen LogP contribution in [0.3, 0.4) is 0 Å². The van der Waals surface area contributed by atoms with Gasteiger partial charge in [-0.05, 0) is 37.8 Å². The predicted octanol–water partition coefficient (Wildman–Crippen LogP) is 1.16. The lowest BCUT2D eigenvalue weighted by Crippen LogP contribution is -2.38. The van der Waals surface area contributed by atoms with E-state index in [1.807, 2.05) is 6.07 Å². The van der Waals surface area contributed by atoms with Crippen LogP contribution in [-0.2, 0) is 0 Å². The Morgan fingerprint density at radius 3 is 2.72 bits per heavy atom. The van der Waals surface area contributed by atoms with Gasteiger partial charge in [0.2, 0.25) is 0 Å². The molecule has 18 heavy (non-hydrogen) atoms. The van der Waals surface area contributed by atoms with E-state index in [1.165, 1.54) is 0 Å². The molecule has 1 heterocycles. The summed E-state index contributed by atoms with van der Waals surface area (Å²) in [7, 11) is 1.77. The standard InChI is InChI=1S/C13H19N3O2/c1-14-12-4-2-3-11(16-12)13(18)15-9-5-7-10(17)8-6-9/h2-4,9-10,17H,5-8H2,1H3,(H,14,16)(H,15,18). The van der Waals surface area contributed by atoms with Gasteiger partial charge in [-0.25, -0.2) is 4.98 Å². The molecule has 0 aliphatic heterocycles. The van der Waals surface area contributed by atoms with Crippen LogP contribution in [0.2, 0.25) is 0 Å². The Bertz CT molecular complexity index is 414. The summed E-state index contributed by atoms with van der Waals surface area (Å²) >= 11 is 0. The number of aliphatic hydroxyl groups is 1. The lowest BCUT2D eigenvalue weighted by Gasteiger charge is -2.26. The van der Waals surface area contributed by atoms with E-state index in [2.05, 4.69) is 15.6 Å². The third kappa shape index (κ3) is 3.20. The molecule has 0 saturated heterocycles. The van der Waals surface area contributed by atoms with E-state index in [0.29, 0.717) is 11.5 Å². The van der Waals surface area contributed by atoms with E-state index < -0.39 is 0 Å². The predicted molar refractivity (Wildman–Crippen MR) is 69.5 cm³/mol. The molecule has 1 fully saturated rings. The monoisotopic (exact) mass is 249 g/mol. The van der Waals surface area contributed by atoms with Crippen molar-refractivity contribution < 1.29 is 9.90 Å². The Balaban J connectivity index is 1.94. The number of nitrogens with one attached hydrogen (secondary N) is 2. The summed E-state index contributed by atoms with van der Waals surface area (Å²) in [6.45, 7) is 0. The van der Waals surface area contributed by atoms with E-state index in [-0.39, 0.29) is 18.1 Å². The number of carbonyl (C=O) groups is 1. The van der Waals surface area contributed by atoms with E-state index in [1.54, 1.807) is 19.2 Å². The van der Waals surface area contributed by atoms with Gasteiger partial charge < -0.3 is 15.7 Å². The molecule has 0 unspecified atom stereocenters. The fourth-order valence-electron chi connectivity index (χ4n) is 2.18. The van der Waals surface area contributed by atoms with Gasteiger partial charge in [-0.15, -0.1) is 0 Å². The highest BCUT2D eigenvalue weighted by Gasteiger charge is 2.21. The van der Waals surface area contributed by atoms with E-state index in [9.17, 15) is 9.90 Å². The van der Waals surface area contributed by atoms with Crippen LogP contribution in [0, 0.1) is 0 Å². The molecule has 0 spiro atoms. The Kier molecular flexibility index (Phi) is 4.15. The van der Waals surface area contributed by atoms with Gasteiger partial charge in [0.15, 0.2) is 0 Å². The Hall–Kier alpha value is -1.62. The van der Waals surface area contributed by atoms with Crippen molar-refractivity contribution in [1.29, 1.82) is 0 Å². The lowest BCUT2D eigenvalue weighted by atomic mass is 9.93. The van der Waals surface area contributed by atoms with Gasteiger partial charge in [0, 0.05) is 13.1 Å². The fourth-order valence-corrected chi connectivity index (χ4v) is 2.18. The summed E-state index contributed by atoms with van der Waals surface area (Å²) in [6, 6.07) is 5.47. The highest BCUT2D eigenvalue weighted by Crippen LogP contribution is 2.18. The molecule has 1 aromatic heterocycles. The Labute approximate surface area is 107 Å². The smallest absolute Gasteiger partial charge is 0.270 e. The molecule has 0 aromatic carbocycles. The van der Waals surface area contributed by atoms with Crippen molar-refractivity contribution in [3.63, 3.8) is 0 Å². The van der Waals surface area contributed by atoms with Crippen LogP contribution >= 0.6 is 0 Å². The zero-order chi connectivity index (χ0) is 13.0. The van der Waals surface area contributed by atoms with Gasteiger partial charge in [0.1, 0.15) is 11.5 Å². The number of hydrogen-bond donors (Lipinski definition) is 3. The van der Waals surface area contributed by atoms with E-state index in [4.69, 9.17) is 0 Å². The molecule has 3 N–H and O–H groups in total. The van der Waals surface area contributed by atoms with Crippen molar-refractivity contribution in [2.24, 2.45) is 0 Å². The molecule has 1 saturated carbocycles. The van der Waals surface area contributed by atoms with Gasteiger partial charge >= 0.3 is 0 Å². The number of aliphatic hydroxyl groups excluding tert-OH is 1. The van der Waals surface area contributed by atoms with Crippen LogP contribution in [0.5, 0.6) is 0 Å². The summed E-state index contributed by atoms with van der Waals surface area (Å²) < 4.78 is 0. The lowest BCUT2D eigenvalue weighted by molar-refractivity contribution is 0.0863. The first-order chi connectivity index (χ1) is 8.69. The van der Waals surface area contributed by atoms with Crippen LogP contribution in [0.15, 0.2) is 18.2 Å². The first-order valence-electron chi connectivity index (χ1n) is 6.33. The number of hydrogen-bond acceptors (Lipinski definition) is 4. The second kappa shape index (κ2) is 5.82. The zero-order valence-corrected chi connectivity index (χ0v) is 10.5. The molecule has 5 heteroatoms. The number of anilines is 1. The highest BCUT2D eigenvalue weighted by molar-refractivity contribution is 5.92. The van der Waals surface area contributed by atoms with Crippen LogP contribution in [0.25, 0.3) is 0 Å². The first kappa shape index (κ1) is 12.8. The van der Waals surface area contributed by atoms with Crippen molar-refractivity contribution >= 4 is 11.7 Å². The largest absolute Gasteiger partial charge is 0.393 e. The topological polar surface area (TPSA) is 74.2 Å². The average molecular weight is 249 g/mol. The molecule has 1 aromatic rings. The maximum Gasteiger partial charge on any atom is 0.270 e. The van der Waals surface area contributed by atoms with Crippen molar-refractivity contribution in [3.05, 3.63) is 23.9 Å². The number of nitrogens with zero attached hydrogens (tertiary/aromatic N) is 1. The molecule has 0 atom stereocenters. The van der Waals surface area contributed by atoms with Gasteiger partial charge in [-0.1, -0.05) is 6.07 Å². The van der Waals surface area contributed by atoms with Crippen LogP contribution in [0.1, 0.15) is 36.2 Å². The molecule has 1 amide bonds. The second-order valence-electron chi connectivity index (χ2n) is 4.64. The normalized spacial score (nSPS) is 23.4. The van der Waals surface area contributed by atoms with Crippen molar-refractivity contribution in [3.8, 4) is 0 Å². The quantitative estimate of drug-likeness (QED) is 0.751. The molecular formula is C13H19N3O2. The second-order valence-corrected chi connectivity index (χ2v) is 4.64. The van der Waals surface area contributed by atoms with E-state index >= 15 is 0 Å². The highest BCUT2D eigenvalue weighted by atomic mass is 16.3. The van der Waals surface area contributed by atoms with Gasteiger partial charge in [0.05, 0.1) is 6.10 Å².